The van der Waals surface area contributed by atoms with Crippen LogP contribution in [0.4, 0.5) is 0 Å². The zero-order valence-corrected chi connectivity index (χ0v) is 22.0. The highest BCUT2D eigenvalue weighted by molar-refractivity contribution is 5.65. The van der Waals surface area contributed by atoms with Crippen molar-refractivity contribution in [3.8, 4) is 11.5 Å². The molecule has 2 spiro atoms. The van der Waals surface area contributed by atoms with Crippen molar-refractivity contribution in [1.29, 1.82) is 0 Å². The number of methoxy groups -OCH3 is 1. The van der Waals surface area contributed by atoms with E-state index >= 15 is 0 Å². The maximum atomic E-state index is 12.2. The number of benzene rings is 2. The number of phenolic OH excluding ortho intramolecular Hbond substituents is 1. The summed E-state index contributed by atoms with van der Waals surface area (Å²) in [6.45, 7) is 6.49. The van der Waals surface area contributed by atoms with E-state index in [2.05, 4.69) is 61.2 Å². The first kappa shape index (κ1) is 22.6. The molecule has 2 saturated carbocycles. The number of rotatable bonds is 5. The van der Waals surface area contributed by atoms with Crippen molar-refractivity contribution in [2.24, 2.45) is 16.7 Å². The smallest absolute Gasteiger partial charge is 0.165 e. The summed E-state index contributed by atoms with van der Waals surface area (Å²) in [5, 5.41) is 23.2. The second-order valence-corrected chi connectivity index (χ2v) is 13.1. The van der Waals surface area contributed by atoms with E-state index in [0.717, 1.165) is 43.8 Å². The molecule has 5 aliphatic carbocycles. The minimum absolute atomic E-state index is 0.197. The molecule has 194 valence electrons. The summed E-state index contributed by atoms with van der Waals surface area (Å²) in [6, 6.07) is 12.6. The number of aliphatic hydroxyl groups is 1. The molecule has 3 fully saturated rings. The summed E-state index contributed by atoms with van der Waals surface area (Å²) in [7, 11) is 1.77. The highest BCUT2D eigenvalue weighted by Gasteiger charge is 2.82. The van der Waals surface area contributed by atoms with E-state index < -0.39 is 17.1 Å². The number of aliphatic hydroxyl groups excluding tert-OH is 1. The van der Waals surface area contributed by atoms with Crippen molar-refractivity contribution in [2.75, 3.05) is 20.2 Å². The van der Waals surface area contributed by atoms with E-state index in [-0.39, 0.29) is 22.7 Å². The van der Waals surface area contributed by atoms with Crippen molar-refractivity contribution in [3.63, 3.8) is 0 Å². The Balaban J connectivity index is 1.37. The molecule has 5 heteroatoms. The van der Waals surface area contributed by atoms with Crippen LogP contribution in [0, 0.1) is 23.7 Å². The van der Waals surface area contributed by atoms with Gasteiger partial charge in [0.1, 0.15) is 11.7 Å². The lowest BCUT2D eigenvalue weighted by Gasteiger charge is -2.74. The Morgan fingerprint density at radius 1 is 1.14 bits per heavy atom. The Morgan fingerprint density at radius 3 is 2.65 bits per heavy atom. The number of phenols is 1. The lowest BCUT2D eigenvalue weighted by Crippen LogP contribution is -2.81. The van der Waals surface area contributed by atoms with Crippen molar-refractivity contribution < 1.29 is 19.7 Å². The Bertz CT molecular complexity index is 1330. The van der Waals surface area contributed by atoms with Crippen LogP contribution in [0.3, 0.4) is 0 Å². The van der Waals surface area contributed by atoms with Gasteiger partial charge in [-0.1, -0.05) is 55.0 Å². The molecule has 5 nitrogen and oxygen atoms in total. The number of likely N-dealkylation sites (tertiary alicyclic amines) is 1. The minimum atomic E-state index is -0.831. The molecular weight excluding hydrogens is 462 g/mol. The summed E-state index contributed by atoms with van der Waals surface area (Å²) in [5.41, 5.74) is 2.73. The van der Waals surface area contributed by atoms with E-state index in [1.165, 1.54) is 29.5 Å². The topological polar surface area (TPSA) is 62.2 Å². The van der Waals surface area contributed by atoms with E-state index in [1.54, 1.807) is 7.11 Å². The zero-order chi connectivity index (χ0) is 25.4. The highest BCUT2D eigenvalue weighted by atomic mass is 16.6. The lowest BCUT2D eigenvalue weighted by molar-refractivity contribution is -0.270. The van der Waals surface area contributed by atoms with Gasteiger partial charge >= 0.3 is 0 Å². The average molecular weight is 500 g/mol. The minimum Gasteiger partial charge on any atom is -0.504 e. The molecule has 2 aromatic carbocycles. The predicted octanol–water partition coefficient (Wildman–Crippen LogP) is 4.82. The number of fused-ring (bicyclic) bond motifs is 1. The third-order valence-electron chi connectivity index (χ3n) is 11.5. The maximum Gasteiger partial charge on any atom is 0.165 e. The first-order valence-electron chi connectivity index (χ1n) is 14.1. The second-order valence-electron chi connectivity index (χ2n) is 13.1. The van der Waals surface area contributed by atoms with Gasteiger partial charge in [0, 0.05) is 36.1 Å². The Morgan fingerprint density at radius 2 is 1.92 bits per heavy atom. The molecule has 1 saturated heterocycles. The molecule has 2 aromatic rings. The predicted molar refractivity (Wildman–Crippen MR) is 141 cm³/mol. The van der Waals surface area contributed by atoms with E-state index in [4.69, 9.17) is 9.47 Å². The quantitative estimate of drug-likeness (QED) is 0.578. The SMILES string of the molecule is CO[C@@]12C=C[C@]3(C[C@]1(C)[C@H](O)c1ccc(C)cc1)[C@@H]1Cc4ccc(O)c5c4[C@]3(CCN1CC1CC1)[C@@H]2O5. The number of aryl methyl sites for hydroxylation is 1. The third kappa shape index (κ3) is 2.44. The molecule has 2 heterocycles. The molecular formula is C32H37NO4. The fraction of sp³-hybridized carbons (Fsp3) is 0.562. The summed E-state index contributed by atoms with van der Waals surface area (Å²) in [4.78, 5) is 2.77. The normalized spacial score (nSPS) is 41.4. The maximum absolute atomic E-state index is 12.2. The van der Waals surface area contributed by atoms with Crippen LogP contribution in [-0.4, -0.2) is 53.1 Å². The van der Waals surface area contributed by atoms with Crippen LogP contribution < -0.4 is 4.74 Å². The van der Waals surface area contributed by atoms with Crippen LogP contribution in [0.15, 0.2) is 48.6 Å². The first-order valence-corrected chi connectivity index (χ1v) is 14.1. The van der Waals surface area contributed by atoms with Crippen LogP contribution >= 0.6 is 0 Å². The Labute approximate surface area is 219 Å². The van der Waals surface area contributed by atoms with Crippen LogP contribution in [0.5, 0.6) is 11.5 Å². The van der Waals surface area contributed by atoms with Gasteiger partial charge in [0.05, 0.1) is 11.5 Å². The number of hydrogen-bond acceptors (Lipinski definition) is 5. The molecule has 0 radical (unpaired) electrons. The van der Waals surface area contributed by atoms with Gasteiger partial charge in [0.15, 0.2) is 11.5 Å². The van der Waals surface area contributed by atoms with E-state index in [1.807, 2.05) is 6.07 Å². The van der Waals surface area contributed by atoms with Crippen molar-refractivity contribution in [3.05, 3.63) is 70.8 Å². The number of aromatic hydroxyl groups is 1. The van der Waals surface area contributed by atoms with Crippen molar-refractivity contribution in [2.45, 2.75) is 75.2 Å². The van der Waals surface area contributed by atoms with Gasteiger partial charge in [-0.3, -0.25) is 4.90 Å². The molecule has 7 atom stereocenters. The Hall–Kier alpha value is -2.34. The molecule has 9 rings (SSSR count). The fourth-order valence-electron chi connectivity index (χ4n) is 9.65. The highest BCUT2D eigenvalue weighted by Crippen LogP contribution is 2.78. The average Bonchev–Trinajstić information content (AvgIpc) is 3.64. The van der Waals surface area contributed by atoms with Gasteiger partial charge in [0.2, 0.25) is 0 Å². The number of ether oxygens (including phenoxy) is 2. The molecule has 0 amide bonds. The molecule has 0 unspecified atom stereocenters. The molecule has 2 N–H and O–H groups in total. The molecule has 37 heavy (non-hydrogen) atoms. The van der Waals surface area contributed by atoms with E-state index in [0.29, 0.717) is 11.8 Å². The van der Waals surface area contributed by atoms with Crippen LogP contribution in [0.1, 0.15) is 61.0 Å². The van der Waals surface area contributed by atoms with Gasteiger partial charge in [-0.2, -0.15) is 0 Å². The summed E-state index contributed by atoms with van der Waals surface area (Å²) >= 11 is 0. The lowest BCUT2D eigenvalue weighted by atomic mass is 9.33. The molecule has 4 bridgehead atoms. The number of piperidine rings is 1. The largest absolute Gasteiger partial charge is 0.504 e. The van der Waals surface area contributed by atoms with Crippen molar-refractivity contribution in [1.82, 2.24) is 4.90 Å². The summed E-state index contributed by atoms with van der Waals surface area (Å²) < 4.78 is 13.5. The van der Waals surface area contributed by atoms with Crippen LogP contribution in [0.25, 0.3) is 0 Å². The van der Waals surface area contributed by atoms with Gasteiger partial charge in [-0.15, -0.1) is 0 Å². The van der Waals surface area contributed by atoms with Gasteiger partial charge < -0.3 is 19.7 Å². The standard InChI is InChI=1S/C32H37NO4/c1-19-4-8-21(9-5-19)27(35)29(2)18-30-12-13-32(29,36-3)28-31(30)14-15-33(17-20-6-7-20)24(30)16-22-10-11-23(34)26(37-28)25(22)31/h4-5,8-13,20,24,27-28,34-35H,6-7,14-18H2,1-3H3/t24-,27+,28-,29+,30-,31+,32+/m0/s1. The monoisotopic (exact) mass is 499 g/mol. The molecule has 2 aliphatic heterocycles. The number of hydrogen-bond donors (Lipinski definition) is 2. The first-order chi connectivity index (χ1) is 17.8. The van der Waals surface area contributed by atoms with Crippen LogP contribution in [-0.2, 0) is 16.6 Å². The third-order valence-corrected chi connectivity index (χ3v) is 11.5. The van der Waals surface area contributed by atoms with Gasteiger partial charge in [-0.25, -0.2) is 0 Å². The molecule has 0 aromatic heterocycles. The zero-order valence-electron chi connectivity index (χ0n) is 22.0. The van der Waals surface area contributed by atoms with Gasteiger partial charge in [0.25, 0.3) is 0 Å². The summed E-state index contributed by atoms with van der Waals surface area (Å²) in [6.07, 6.45) is 9.13. The van der Waals surface area contributed by atoms with Gasteiger partial charge in [-0.05, 0) is 68.7 Å². The summed E-state index contributed by atoms with van der Waals surface area (Å²) in [5.74, 6) is 1.69. The molecule has 7 aliphatic rings. The number of nitrogens with zero attached hydrogens (tertiary/aromatic N) is 1. The van der Waals surface area contributed by atoms with Crippen molar-refractivity contribution >= 4 is 0 Å². The second kappa shape index (κ2) is 6.99. The van der Waals surface area contributed by atoms with E-state index in [9.17, 15) is 10.2 Å². The Kier molecular flexibility index (Phi) is 4.28. The fourth-order valence-corrected chi connectivity index (χ4v) is 9.65. The van der Waals surface area contributed by atoms with Crippen LogP contribution in [0.2, 0.25) is 0 Å².